The number of piperidine rings is 2. The molecule has 1 spiro atoms. The molecule has 2 N–H and O–H groups in total. The maximum atomic E-state index is 13.2. The third-order valence-electron chi connectivity index (χ3n) is 8.41. The molecule has 1 aromatic carbocycles. The summed E-state index contributed by atoms with van der Waals surface area (Å²) in [7, 11) is 0. The highest BCUT2D eigenvalue weighted by atomic mass is 16.5. The molecule has 5 aliphatic heterocycles. The molecule has 6 aliphatic rings. The van der Waals surface area contributed by atoms with E-state index in [1.54, 1.807) is 12.1 Å². The van der Waals surface area contributed by atoms with Crippen LogP contribution < -0.4 is 4.90 Å². The molecule has 1 amide bonds. The van der Waals surface area contributed by atoms with E-state index in [-0.39, 0.29) is 35.0 Å². The molecule has 1 aromatic rings. The van der Waals surface area contributed by atoms with Gasteiger partial charge in [-0.3, -0.25) is 9.69 Å². The fourth-order valence-corrected chi connectivity index (χ4v) is 7.57. The summed E-state index contributed by atoms with van der Waals surface area (Å²) in [5.74, 6) is 0.633. The minimum atomic E-state index is -0.157. The Morgan fingerprint density at radius 1 is 1.22 bits per heavy atom. The molecule has 5 heterocycles. The molecule has 0 aromatic heterocycles. The van der Waals surface area contributed by atoms with Crippen LogP contribution in [0.3, 0.4) is 0 Å². The van der Waals surface area contributed by atoms with Gasteiger partial charge in [0, 0.05) is 30.0 Å². The van der Waals surface area contributed by atoms with Crippen molar-refractivity contribution in [3.8, 4) is 11.5 Å². The minimum absolute atomic E-state index is 0.0287. The topological polar surface area (TPSA) is 73.2 Å². The molecule has 1 aliphatic carbocycles. The number of aromatic hydroxyl groups is 2. The second-order valence-corrected chi connectivity index (χ2v) is 9.12. The first-order chi connectivity index (χ1) is 13.1. The summed E-state index contributed by atoms with van der Waals surface area (Å²) in [4.78, 5) is 17.8. The number of ether oxygens (including phenoxy) is 1. The summed E-state index contributed by atoms with van der Waals surface area (Å²) in [6.07, 6.45) is 4.74. The Morgan fingerprint density at radius 3 is 2.96 bits per heavy atom. The van der Waals surface area contributed by atoms with E-state index in [0.29, 0.717) is 30.9 Å². The first-order valence-electron chi connectivity index (χ1n) is 10.0. The van der Waals surface area contributed by atoms with Crippen molar-refractivity contribution in [2.24, 2.45) is 11.8 Å². The number of carbonyl (C=O) groups is 1. The van der Waals surface area contributed by atoms with Crippen molar-refractivity contribution in [2.45, 2.75) is 42.9 Å². The van der Waals surface area contributed by atoms with E-state index in [4.69, 9.17) is 4.74 Å². The Hall–Kier alpha value is -2.05. The van der Waals surface area contributed by atoms with Crippen molar-refractivity contribution in [1.29, 1.82) is 0 Å². The molecule has 27 heavy (non-hydrogen) atoms. The fraction of sp³-hybridized carbons (Fsp3) is 0.571. The number of nitrogens with zero attached hydrogens (tertiary/aromatic N) is 2. The summed E-state index contributed by atoms with van der Waals surface area (Å²) < 4.78 is 6.20. The van der Waals surface area contributed by atoms with Gasteiger partial charge in [-0.2, -0.15) is 0 Å². The average Bonchev–Trinajstić information content (AvgIpc) is 3.10. The molecule has 6 atom stereocenters. The Labute approximate surface area is 157 Å². The highest BCUT2D eigenvalue weighted by Crippen LogP contribution is 2.66. The van der Waals surface area contributed by atoms with Crippen LogP contribution in [-0.4, -0.2) is 58.9 Å². The van der Waals surface area contributed by atoms with E-state index in [9.17, 15) is 15.0 Å². The minimum Gasteiger partial charge on any atom is -0.504 e. The first-order valence-corrected chi connectivity index (χ1v) is 10.0. The van der Waals surface area contributed by atoms with E-state index in [1.807, 2.05) is 4.90 Å². The zero-order valence-corrected chi connectivity index (χ0v) is 15.0. The molecule has 3 saturated heterocycles. The third-order valence-corrected chi connectivity index (χ3v) is 8.41. The van der Waals surface area contributed by atoms with Crippen LogP contribution in [0.15, 0.2) is 23.8 Å². The lowest BCUT2D eigenvalue weighted by Gasteiger charge is -2.58. The van der Waals surface area contributed by atoms with E-state index in [2.05, 4.69) is 11.0 Å². The molecule has 6 nitrogen and oxygen atoms in total. The van der Waals surface area contributed by atoms with Gasteiger partial charge in [-0.15, -0.1) is 0 Å². The molecule has 1 saturated carbocycles. The van der Waals surface area contributed by atoms with E-state index >= 15 is 0 Å². The number of anilines is 1. The van der Waals surface area contributed by atoms with E-state index in [1.165, 1.54) is 5.57 Å². The number of fused-ring (bicyclic) bond motifs is 2. The number of phenolic OH excluding ortho intramolecular Hbond substituents is 2. The van der Waals surface area contributed by atoms with Gasteiger partial charge in [0.2, 0.25) is 5.91 Å². The third kappa shape index (κ3) is 1.49. The lowest BCUT2D eigenvalue weighted by molar-refractivity contribution is -0.132. The van der Waals surface area contributed by atoms with Crippen LogP contribution in [0.5, 0.6) is 11.5 Å². The predicted molar refractivity (Wildman–Crippen MR) is 96.7 cm³/mol. The number of phenols is 2. The molecule has 6 heteroatoms. The van der Waals surface area contributed by atoms with Gasteiger partial charge in [-0.1, -0.05) is 11.6 Å². The Kier molecular flexibility index (Phi) is 2.49. The van der Waals surface area contributed by atoms with Gasteiger partial charge in [-0.05, 0) is 36.9 Å². The lowest BCUT2D eigenvalue weighted by atomic mass is 9.53. The Morgan fingerprint density at radius 2 is 2.07 bits per heavy atom. The normalized spacial score (nSPS) is 43.4. The number of amides is 1. The van der Waals surface area contributed by atoms with Crippen molar-refractivity contribution in [2.75, 3.05) is 24.6 Å². The summed E-state index contributed by atoms with van der Waals surface area (Å²) in [5.41, 5.74) is 3.20. The summed E-state index contributed by atoms with van der Waals surface area (Å²) in [5, 5.41) is 20.5. The van der Waals surface area contributed by atoms with Gasteiger partial charge in [0.25, 0.3) is 0 Å². The van der Waals surface area contributed by atoms with Crippen LogP contribution in [0, 0.1) is 11.8 Å². The van der Waals surface area contributed by atoms with Crippen LogP contribution in [0.1, 0.15) is 24.8 Å². The largest absolute Gasteiger partial charge is 0.504 e. The predicted octanol–water partition coefficient (Wildman–Crippen LogP) is 1.50. The number of benzene rings is 1. The SMILES string of the molecule is O=C1C[C@H]2OCC=C3CN4CC[C@]56c7cc(O)c(O)cc7N1[C@@H]5[C@@H]2[C@H]3C[C@@H]46. The monoisotopic (exact) mass is 366 g/mol. The van der Waals surface area contributed by atoms with Crippen LogP contribution in [0.25, 0.3) is 0 Å². The zero-order valence-electron chi connectivity index (χ0n) is 15.0. The van der Waals surface area contributed by atoms with Crippen molar-refractivity contribution in [3.63, 3.8) is 0 Å². The second kappa shape index (κ2) is 4.50. The van der Waals surface area contributed by atoms with Gasteiger partial charge in [0.1, 0.15) is 0 Å². The highest BCUT2D eigenvalue weighted by molar-refractivity contribution is 5.99. The number of rotatable bonds is 0. The highest BCUT2D eigenvalue weighted by Gasteiger charge is 2.71. The number of hydrogen-bond donors (Lipinski definition) is 2. The first kappa shape index (κ1) is 14.9. The van der Waals surface area contributed by atoms with E-state index in [0.717, 1.165) is 37.2 Å². The maximum absolute atomic E-state index is 13.2. The van der Waals surface area contributed by atoms with Gasteiger partial charge in [0.05, 0.1) is 30.9 Å². The Balaban J connectivity index is 1.55. The van der Waals surface area contributed by atoms with Crippen molar-refractivity contribution in [1.82, 2.24) is 4.90 Å². The van der Waals surface area contributed by atoms with Crippen molar-refractivity contribution < 1.29 is 19.7 Å². The molecule has 4 fully saturated rings. The summed E-state index contributed by atoms with van der Waals surface area (Å²) in [6, 6.07) is 3.79. The van der Waals surface area contributed by atoms with Crippen molar-refractivity contribution in [3.05, 3.63) is 29.3 Å². The molecular formula is C21H22N2O4. The van der Waals surface area contributed by atoms with E-state index < -0.39 is 0 Å². The zero-order chi connectivity index (χ0) is 18.1. The van der Waals surface area contributed by atoms with Crippen LogP contribution >= 0.6 is 0 Å². The lowest BCUT2D eigenvalue weighted by Crippen LogP contribution is -2.69. The molecule has 0 radical (unpaired) electrons. The molecule has 0 unspecified atom stereocenters. The smallest absolute Gasteiger partial charge is 0.229 e. The molecule has 140 valence electrons. The van der Waals surface area contributed by atoms with Crippen molar-refractivity contribution >= 4 is 11.6 Å². The Bertz CT molecular complexity index is 942. The molecular weight excluding hydrogens is 344 g/mol. The fourth-order valence-electron chi connectivity index (χ4n) is 7.57. The van der Waals surface area contributed by atoms with Gasteiger partial charge >= 0.3 is 0 Å². The van der Waals surface area contributed by atoms with Gasteiger partial charge < -0.3 is 19.8 Å². The van der Waals surface area contributed by atoms with Gasteiger partial charge in [0.15, 0.2) is 11.5 Å². The summed E-state index contributed by atoms with van der Waals surface area (Å²) in [6.45, 7) is 2.63. The number of carbonyl (C=O) groups excluding carboxylic acids is 1. The second-order valence-electron chi connectivity index (χ2n) is 9.12. The standard InChI is InChI=1S/C21H22N2O4/c24-14-6-12-13(7-15(14)25)23-18(26)8-16-19-11-5-17-21(12,20(19)23)2-3-22(17)9-10(11)1-4-27-16/h1,6-7,11,16-17,19-20,24-25H,2-5,8-9H2/t11-,16+,17+,19+,20+,21+/m0/s1. The van der Waals surface area contributed by atoms with Gasteiger partial charge in [-0.25, -0.2) is 0 Å². The molecule has 2 bridgehead atoms. The number of hydrogen-bond acceptors (Lipinski definition) is 5. The van der Waals surface area contributed by atoms with Crippen LogP contribution in [0.2, 0.25) is 0 Å². The summed E-state index contributed by atoms with van der Waals surface area (Å²) >= 11 is 0. The average molecular weight is 366 g/mol. The maximum Gasteiger partial charge on any atom is 0.229 e. The van der Waals surface area contributed by atoms with Crippen LogP contribution in [0.4, 0.5) is 5.69 Å². The van der Waals surface area contributed by atoms with Crippen LogP contribution in [-0.2, 0) is 14.9 Å². The molecule has 7 rings (SSSR count). The quantitative estimate of drug-likeness (QED) is 0.538.